The summed E-state index contributed by atoms with van der Waals surface area (Å²) in [6.45, 7) is 14.7. The Morgan fingerprint density at radius 3 is 2.41 bits per heavy atom. The highest BCUT2D eigenvalue weighted by atomic mass is 16.3. The molecule has 0 amide bonds. The molecule has 5 aliphatic carbocycles. The van der Waals surface area contributed by atoms with Gasteiger partial charge in [0.15, 0.2) is 0 Å². The maximum Gasteiger partial charge on any atom is 0.0788 e. The van der Waals surface area contributed by atoms with Gasteiger partial charge in [-0.3, -0.25) is 0 Å². The highest BCUT2D eigenvalue weighted by Gasteiger charge is 2.75. The highest BCUT2D eigenvalue weighted by molar-refractivity contribution is 5.37. The second-order valence-electron chi connectivity index (χ2n) is 12.7. The Balaban J connectivity index is 1.41. The molecule has 0 unspecified atom stereocenters. The quantitative estimate of drug-likeness (QED) is 0.506. The van der Waals surface area contributed by atoms with Crippen LogP contribution in [0.2, 0.25) is 0 Å². The molecular weight excluding hydrogens is 352 g/mol. The number of aliphatic hydroxyl groups excluding tert-OH is 1. The van der Waals surface area contributed by atoms with E-state index in [1.807, 2.05) is 0 Å². The lowest BCUT2D eigenvalue weighted by Gasteiger charge is -2.56. The highest BCUT2D eigenvalue weighted by Crippen LogP contribution is 2.80. The molecule has 0 aliphatic heterocycles. The largest absolute Gasteiger partial charge is 0.388 e. The van der Waals surface area contributed by atoms with Crippen molar-refractivity contribution in [2.45, 2.75) is 92.6 Å². The van der Waals surface area contributed by atoms with Gasteiger partial charge >= 0.3 is 0 Å². The van der Waals surface area contributed by atoms with E-state index < -0.39 is 0 Å². The smallest absolute Gasteiger partial charge is 0.0788 e. The van der Waals surface area contributed by atoms with E-state index in [0.717, 1.165) is 23.7 Å². The third-order valence-corrected chi connectivity index (χ3v) is 11.5. The average Bonchev–Trinajstić information content (AvgIpc) is 3.20. The Bertz CT molecular complexity index is 733. The first-order chi connectivity index (χ1) is 13.6. The normalized spacial score (nSPS) is 52.6. The zero-order valence-corrected chi connectivity index (χ0v) is 19.7. The van der Waals surface area contributed by atoms with Crippen molar-refractivity contribution >= 4 is 0 Å². The van der Waals surface area contributed by atoms with E-state index in [0.29, 0.717) is 28.6 Å². The van der Waals surface area contributed by atoms with E-state index >= 15 is 0 Å². The van der Waals surface area contributed by atoms with Crippen LogP contribution in [-0.4, -0.2) is 11.2 Å². The van der Waals surface area contributed by atoms with Crippen LogP contribution in [0.5, 0.6) is 0 Å². The van der Waals surface area contributed by atoms with Crippen LogP contribution in [0.1, 0.15) is 86.5 Å². The molecule has 4 fully saturated rings. The molecule has 5 aliphatic rings. The minimum absolute atomic E-state index is 0.170. The van der Waals surface area contributed by atoms with Crippen LogP contribution in [0.15, 0.2) is 23.8 Å². The molecule has 0 aromatic carbocycles. The molecule has 10 atom stereocenters. The van der Waals surface area contributed by atoms with Gasteiger partial charge in [-0.25, -0.2) is 0 Å². The molecule has 1 N–H and O–H groups in total. The third kappa shape index (κ3) is 2.55. The molecule has 1 spiro atoms. The van der Waals surface area contributed by atoms with Gasteiger partial charge in [0, 0.05) is 5.41 Å². The van der Waals surface area contributed by atoms with Crippen molar-refractivity contribution in [2.24, 2.45) is 57.7 Å². The van der Waals surface area contributed by atoms with E-state index in [-0.39, 0.29) is 11.5 Å². The molecule has 4 saturated carbocycles. The molecule has 0 saturated heterocycles. The molecule has 162 valence electrons. The molecule has 29 heavy (non-hydrogen) atoms. The number of fused-ring (bicyclic) bond motifs is 4. The summed E-state index contributed by atoms with van der Waals surface area (Å²) in [6.07, 6.45) is 16.8. The van der Waals surface area contributed by atoms with E-state index in [4.69, 9.17) is 0 Å². The summed E-state index contributed by atoms with van der Waals surface area (Å²) in [6, 6.07) is 0. The van der Waals surface area contributed by atoms with Gasteiger partial charge in [-0.15, -0.1) is 0 Å². The number of hydrogen-bond donors (Lipinski definition) is 1. The van der Waals surface area contributed by atoms with Gasteiger partial charge in [-0.1, -0.05) is 65.3 Å². The molecule has 0 aromatic rings. The van der Waals surface area contributed by atoms with Crippen molar-refractivity contribution in [1.29, 1.82) is 0 Å². The molecule has 0 aromatic heterocycles. The fourth-order valence-corrected chi connectivity index (χ4v) is 9.17. The molecule has 5 rings (SSSR count). The Hall–Kier alpha value is -0.560. The lowest BCUT2D eigenvalue weighted by atomic mass is 9.49. The first-order valence-corrected chi connectivity index (χ1v) is 12.7. The Labute approximate surface area is 179 Å². The number of aliphatic hydroxyl groups is 1. The topological polar surface area (TPSA) is 20.2 Å². The molecular formula is C28H44O. The van der Waals surface area contributed by atoms with Crippen LogP contribution in [0, 0.1) is 57.7 Å². The second kappa shape index (κ2) is 6.47. The van der Waals surface area contributed by atoms with Gasteiger partial charge < -0.3 is 5.11 Å². The minimum atomic E-state index is -0.170. The fourth-order valence-electron chi connectivity index (χ4n) is 9.17. The number of rotatable bonds is 4. The predicted molar refractivity (Wildman–Crippen MR) is 121 cm³/mol. The number of hydrogen-bond acceptors (Lipinski definition) is 1. The summed E-state index contributed by atoms with van der Waals surface area (Å²) < 4.78 is 0. The lowest BCUT2D eigenvalue weighted by molar-refractivity contribution is -0.0367. The monoisotopic (exact) mass is 396 g/mol. The van der Waals surface area contributed by atoms with E-state index in [1.165, 1.54) is 44.9 Å². The van der Waals surface area contributed by atoms with E-state index in [2.05, 4.69) is 59.8 Å². The summed E-state index contributed by atoms with van der Waals surface area (Å²) in [5, 5.41) is 11.3. The Morgan fingerprint density at radius 2 is 1.72 bits per heavy atom. The van der Waals surface area contributed by atoms with Gasteiger partial charge in [0.05, 0.1) is 6.10 Å². The Morgan fingerprint density at radius 1 is 0.966 bits per heavy atom. The molecule has 0 heterocycles. The van der Waals surface area contributed by atoms with Crippen LogP contribution >= 0.6 is 0 Å². The molecule has 1 nitrogen and oxygen atoms in total. The van der Waals surface area contributed by atoms with Crippen LogP contribution in [0.25, 0.3) is 0 Å². The third-order valence-electron chi connectivity index (χ3n) is 11.5. The standard InChI is InChI=1S/C28H44O/c1-17(2)18(3)7-8-19(4)22-9-10-23-21-15-25(29)28-16-20(28)11-14-27(28,6)24(21)12-13-26(22,23)5/h7-8,15,17-20,22-25,29H,9-14,16H2,1-6H3/t18-,19+,20+,22+,23-,24-,25-,26+,27+,28-/m0/s1. The van der Waals surface area contributed by atoms with Gasteiger partial charge in [-0.05, 0) is 97.2 Å². The van der Waals surface area contributed by atoms with Crippen molar-refractivity contribution in [3.8, 4) is 0 Å². The Kier molecular flexibility index (Phi) is 4.54. The first-order valence-electron chi connectivity index (χ1n) is 12.7. The summed E-state index contributed by atoms with van der Waals surface area (Å²) in [7, 11) is 0. The second-order valence-corrected chi connectivity index (χ2v) is 12.7. The van der Waals surface area contributed by atoms with Gasteiger partial charge in [0.2, 0.25) is 0 Å². The van der Waals surface area contributed by atoms with Gasteiger partial charge in [0.25, 0.3) is 0 Å². The van der Waals surface area contributed by atoms with Crippen molar-refractivity contribution in [3.63, 3.8) is 0 Å². The van der Waals surface area contributed by atoms with Crippen molar-refractivity contribution in [3.05, 3.63) is 23.8 Å². The van der Waals surface area contributed by atoms with Crippen molar-refractivity contribution in [1.82, 2.24) is 0 Å². The van der Waals surface area contributed by atoms with E-state index in [9.17, 15) is 5.11 Å². The van der Waals surface area contributed by atoms with Crippen LogP contribution < -0.4 is 0 Å². The SMILES string of the molecule is CC(C)[C@@H](C)C=C[C@@H](C)[C@H]1CC[C@H]2C3=C[C@H](O)[C@]45C[C@H]4CC[C@]5(C)[C@H]3CC[C@]12C. The summed E-state index contributed by atoms with van der Waals surface area (Å²) in [5.41, 5.74) is 2.76. The summed E-state index contributed by atoms with van der Waals surface area (Å²) in [5.74, 6) is 5.13. The first kappa shape index (κ1) is 20.3. The van der Waals surface area contributed by atoms with Crippen LogP contribution in [-0.2, 0) is 0 Å². The maximum atomic E-state index is 11.3. The van der Waals surface area contributed by atoms with Gasteiger partial charge in [-0.2, -0.15) is 0 Å². The molecule has 0 radical (unpaired) electrons. The summed E-state index contributed by atoms with van der Waals surface area (Å²) >= 11 is 0. The van der Waals surface area contributed by atoms with Gasteiger partial charge in [0.1, 0.15) is 0 Å². The van der Waals surface area contributed by atoms with Crippen molar-refractivity contribution < 1.29 is 5.11 Å². The lowest BCUT2D eigenvalue weighted by Crippen LogP contribution is -2.51. The van der Waals surface area contributed by atoms with Crippen LogP contribution in [0.4, 0.5) is 0 Å². The predicted octanol–water partition coefficient (Wildman–Crippen LogP) is 7.02. The average molecular weight is 397 g/mol. The molecule has 0 bridgehead atoms. The molecule has 1 heteroatoms. The van der Waals surface area contributed by atoms with E-state index in [1.54, 1.807) is 5.57 Å². The maximum absolute atomic E-state index is 11.3. The minimum Gasteiger partial charge on any atom is -0.388 e. The summed E-state index contributed by atoms with van der Waals surface area (Å²) in [4.78, 5) is 0. The fraction of sp³-hybridized carbons (Fsp3) is 0.857. The number of allylic oxidation sites excluding steroid dienone is 3. The zero-order valence-electron chi connectivity index (χ0n) is 19.7. The van der Waals surface area contributed by atoms with Crippen molar-refractivity contribution in [2.75, 3.05) is 0 Å². The van der Waals surface area contributed by atoms with Crippen LogP contribution in [0.3, 0.4) is 0 Å². The zero-order chi connectivity index (χ0) is 20.8.